The summed E-state index contributed by atoms with van der Waals surface area (Å²) in [7, 11) is 0. The number of rotatable bonds is 8. The Morgan fingerprint density at radius 1 is 1.03 bits per heavy atom. The number of primary amides is 1. The van der Waals surface area contributed by atoms with Gasteiger partial charge in [0, 0.05) is 0 Å². The minimum atomic E-state index is -0.624. The molecule has 1 saturated carbocycles. The topological polar surface area (TPSA) is 90.7 Å². The predicted octanol–water partition coefficient (Wildman–Crippen LogP) is 4.59. The molecule has 32 heavy (non-hydrogen) atoms. The van der Waals surface area contributed by atoms with Crippen LogP contribution in [0.2, 0.25) is 0 Å². The monoisotopic (exact) mass is 438 g/mol. The maximum absolute atomic E-state index is 12.8. The molecule has 1 heterocycles. The van der Waals surface area contributed by atoms with E-state index in [0.29, 0.717) is 12.0 Å². The fourth-order valence-electron chi connectivity index (χ4n) is 4.96. The lowest BCUT2D eigenvalue weighted by Gasteiger charge is -2.22. The number of ether oxygens (including phenoxy) is 2. The van der Waals surface area contributed by atoms with Crippen molar-refractivity contribution in [1.29, 1.82) is 0 Å². The molecule has 1 aliphatic heterocycles. The molecule has 2 aromatic carbocycles. The molecular formula is C26H34N2O4. The summed E-state index contributed by atoms with van der Waals surface area (Å²) in [6, 6.07) is 9.04. The van der Waals surface area contributed by atoms with Crippen LogP contribution in [0.5, 0.6) is 5.75 Å². The van der Waals surface area contributed by atoms with Crippen molar-refractivity contribution >= 4 is 22.6 Å². The third-order valence-electron chi connectivity index (χ3n) is 6.71. The van der Waals surface area contributed by atoms with Gasteiger partial charge in [-0.25, -0.2) is 4.79 Å². The third kappa shape index (κ3) is 5.60. The van der Waals surface area contributed by atoms with E-state index in [0.717, 1.165) is 62.2 Å². The lowest BCUT2D eigenvalue weighted by molar-refractivity contribution is 0.0209. The molecule has 4 rings (SSSR count). The molecule has 2 aliphatic rings. The molecule has 6 nitrogen and oxygen atoms in total. The Morgan fingerprint density at radius 3 is 2.62 bits per heavy atom. The molecule has 6 heteroatoms. The first kappa shape index (κ1) is 22.6. The highest BCUT2D eigenvalue weighted by Crippen LogP contribution is 2.29. The molecule has 3 N–H and O–H groups in total. The average molecular weight is 439 g/mol. The summed E-state index contributed by atoms with van der Waals surface area (Å²) in [6.07, 6.45) is 9.73. The van der Waals surface area contributed by atoms with Crippen molar-refractivity contribution in [2.75, 3.05) is 19.7 Å². The van der Waals surface area contributed by atoms with E-state index in [2.05, 4.69) is 5.32 Å². The lowest BCUT2D eigenvalue weighted by atomic mass is 9.95. The first-order chi connectivity index (χ1) is 15.6. The first-order valence-corrected chi connectivity index (χ1v) is 12.0. The van der Waals surface area contributed by atoms with Crippen LogP contribution in [0.3, 0.4) is 0 Å². The Kier molecular flexibility index (Phi) is 7.63. The second-order valence-corrected chi connectivity index (χ2v) is 9.10. The molecule has 0 bridgehead atoms. The van der Waals surface area contributed by atoms with E-state index in [1.54, 1.807) is 6.07 Å². The highest BCUT2D eigenvalue weighted by Gasteiger charge is 2.24. The average Bonchev–Trinajstić information content (AvgIpc) is 2.82. The molecule has 1 saturated heterocycles. The molecular weight excluding hydrogens is 404 g/mol. The lowest BCUT2D eigenvalue weighted by Crippen LogP contribution is -2.29. The number of amides is 1. The van der Waals surface area contributed by atoms with Crippen LogP contribution in [0.1, 0.15) is 78.5 Å². The summed E-state index contributed by atoms with van der Waals surface area (Å²) in [5, 5.41) is 4.92. The number of esters is 1. The summed E-state index contributed by atoms with van der Waals surface area (Å²) in [6.45, 7) is 2.91. The summed E-state index contributed by atoms with van der Waals surface area (Å²) in [5.41, 5.74) is 6.14. The molecule has 2 fully saturated rings. The highest BCUT2D eigenvalue weighted by atomic mass is 16.5. The number of hydrogen-bond acceptors (Lipinski definition) is 5. The van der Waals surface area contributed by atoms with Crippen molar-refractivity contribution in [3.05, 3.63) is 41.5 Å². The number of fused-ring (bicyclic) bond motifs is 1. The Bertz CT molecular complexity index is 946. The van der Waals surface area contributed by atoms with Gasteiger partial charge in [0.1, 0.15) is 11.9 Å². The summed E-state index contributed by atoms with van der Waals surface area (Å²) >= 11 is 0. The van der Waals surface area contributed by atoms with Crippen LogP contribution >= 0.6 is 0 Å². The van der Waals surface area contributed by atoms with E-state index in [9.17, 15) is 9.59 Å². The van der Waals surface area contributed by atoms with E-state index < -0.39 is 11.9 Å². The normalized spacial score (nSPS) is 19.6. The first-order valence-electron chi connectivity index (χ1n) is 12.0. The second kappa shape index (κ2) is 10.8. The van der Waals surface area contributed by atoms with Gasteiger partial charge in [0.2, 0.25) is 5.91 Å². The standard InChI is InChI=1S/C26H34N2O4/c27-25(29)24-22-13-11-21(31-15-5-7-18-6-4-14-28-17-18)16-19(22)10-12-23(24)26(30)32-20-8-2-1-3-9-20/h10-13,16,18,20,28H,1-9,14-15,17H2,(H2,27,29). The SMILES string of the molecule is NC(=O)c1c(C(=O)OC2CCCCC2)ccc2cc(OCCCC3CCCNC3)ccc12. The minimum Gasteiger partial charge on any atom is -0.494 e. The van der Waals surface area contributed by atoms with Gasteiger partial charge in [-0.05, 0) is 105 Å². The molecule has 1 amide bonds. The van der Waals surface area contributed by atoms with E-state index >= 15 is 0 Å². The smallest absolute Gasteiger partial charge is 0.339 e. The molecule has 2 aromatic rings. The number of hydrogen-bond donors (Lipinski definition) is 2. The maximum atomic E-state index is 12.8. The third-order valence-corrected chi connectivity index (χ3v) is 6.71. The quantitative estimate of drug-likeness (QED) is 0.465. The van der Waals surface area contributed by atoms with Gasteiger partial charge in [-0.3, -0.25) is 4.79 Å². The Balaban J connectivity index is 1.43. The molecule has 0 spiro atoms. The minimum absolute atomic E-state index is 0.0761. The van der Waals surface area contributed by atoms with Gasteiger partial charge in [0.15, 0.2) is 0 Å². The van der Waals surface area contributed by atoms with Crippen molar-refractivity contribution in [3.63, 3.8) is 0 Å². The summed E-state index contributed by atoms with van der Waals surface area (Å²) in [5.74, 6) is 0.409. The van der Waals surface area contributed by atoms with Gasteiger partial charge in [0.25, 0.3) is 0 Å². The van der Waals surface area contributed by atoms with Gasteiger partial charge in [-0.2, -0.15) is 0 Å². The molecule has 0 aromatic heterocycles. The van der Waals surface area contributed by atoms with E-state index in [1.807, 2.05) is 24.3 Å². The van der Waals surface area contributed by atoms with Gasteiger partial charge >= 0.3 is 5.97 Å². The molecule has 0 radical (unpaired) electrons. The predicted molar refractivity (Wildman–Crippen MR) is 125 cm³/mol. The van der Waals surface area contributed by atoms with E-state index in [1.165, 1.54) is 25.7 Å². The summed E-state index contributed by atoms with van der Waals surface area (Å²) in [4.78, 5) is 25.1. The summed E-state index contributed by atoms with van der Waals surface area (Å²) < 4.78 is 11.6. The number of benzene rings is 2. The van der Waals surface area contributed by atoms with E-state index in [-0.39, 0.29) is 17.2 Å². The van der Waals surface area contributed by atoms with Crippen LogP contribution in [0.4, 0.5) is 0 Å². The van der Waals surface area contributed by atoms with Crippen molar-refractivity contribution in [1.82, 2.24) is 5.32 Å². The largest absolute Gasteiger partial charge is 0.494 e. The number of piperidine rings is 1. The fraction of sp³-hybridized carbons (Fsp3) is 0.538. The zero-order chi connectivity index (χ0) is 22.3. The van der Waals surface area contributed by atoms with Crippen molar-refractivity contribution in [2.45, 2.75) is 63.9 Å². The Hall–Kier alpha value is -2.60. The van der Waals surface area contributed by atoms with Crippen LogP contribution in [0.25, 0.3) is 10.8 Å². The van der Waals surface area contributed by atoms with Crippen molar-refractivity contribution in [2.24, 2.45) is 11.7 Å². The van der Waals surface area contributed by atoms with Gasteiger partial charge < -0.3 is 20.5 Å². The number of nitrogens with one attached hydrogen (secondary N) is 1. The zero-order valence-corrected chi connectivity index (χ0v) is 18.7. The van der Waals surface area contributed by atoms with Gasteiger partial charge in [0.05, 0.1) is 17.7 Å². The number of nitrogens with two attached hydrogens (primary N) is 1. The maximum Gasteiger partial charge on any atom is 0.339 e. The van der Waals surface area contributed by atoms with Crippen molar-refractivity contribution in [3.8, 4) is 5.75 Å². The van der Waals surface area contributed by atoms with Crippen LogP contribution in [-0.4, -0.2) is 37.7 Å². The van der Waals surface area contributed by atoms with Gasteiger partial charge in [-0.15, -0.1) is 0 Å². The van der Waals surface area contributed by atoms with Crippen LogP contribution in [0, 0.1) is 5.92 Å². The molecule has 172 valence electrons. The highest BCUT2D eigenvalue weighted by molar-refractivity contribution is 6.14. The fourth-order valence-corrected chi connectivity index (χ4v) is 4.96. The van der Waals surface area contributed by atoms with Crippen LogP contribution < -0.4 is 15.8 Å². The van der Waals surface area contributed by atoms with Crippen LogP contribution in [-0.2, 0) is 4.74 Å². The second-order valence-electron chi connectivity index (χ2n) is 9.10. The molecule has 1 atom stereocenters. The van der Waals surface area contributed by atoms with Crippen LogP contribution in [0.15, 0.2) is 30.3 Å². The van der Waals surface area contributed by atoms with Gasteiger partial charge in [-0.1, -0.05) is 12.5 Å². The van der Waals surface area contributed by atoms with Crippen molar-refractivity contribution < 1.29 is 19.1 Å². The Labute approximate surface area is 189 Å². The zero-order valence-electron chi connectivity index (χ0n) is 18.7. The number of carbonyl (C=O) groups is 2. The molecule has 1 aliphatic carbocycles. The Morgan fingerprint density at radius 2 is 1.88 bits per heavy atom. The van der Waals surface area contributed by atoms with E-state index in [4.69, 9.17) is 15.2 Å². The number of carbonyl (C=O) groups excluding carboxylic acids is 2. The molecule has 1 unspecified atom stereocenters.